The molecule has 1 aromatic carbocycles. The van der Waals surface area contributed by atoms with Gasteiger partial charge in [-0.2, -0.15) is 0 Å². The molecule has 90 valence electrons. The van der Waals surface area contributed by atoms with E-state index in [9.17, 15) is 4.79 Å². The molecule has 1 heterocycles. The van der Waals surface area contributed by atoms with Crippen molar-refractivity contribution in [2.75, 3.05) is 6.54 Å². The van der Waals surface area contributed by atoms with Gasteiger partial charge < -0.3 is 9.73 Å². The van der Waals surface area contributed by atoms with Crippen molar-refractivity contribution in [1.29, 1.82) is 0 Å². The summed E-state index contributed by atoms with van der Waals surface area (Å²) in [5.41, 5.74) is 1.77. The molecule has 0 fully saturated rings. The Bertz CT molecular complexity index is 545. The molecule has 3 nitrogen and oxygen atoms in total. The van der Waals surface area contributed by atoms with Crippen molar-refractivity contribution in [3.8, 4) is 0 Å². The second kappa shape index (κ2) is 4.45. The third kappa shape index (κ3) is 2.47. The van der Waals surface area contributed by atoms with E-state index in [1.165, 1.54) is 0 Å². The third-order valence-corrected chi connectivity index (χ3v) is 3.05. The van der Waals surface area contributed by atoms with Crippen LogP contribution >= 0.6 is 12.6 Å². The fraction of sp³-hybridized carbons (Fsp3) is 0.308. The lowest BCUT2D eigenvalue weighted by Gasteiger charge is -2.23. The van der Waals surface area contributed by atoms with Crippen LogP contribution in [-0.4, -0.2) is 11.8 Å². The molecule has 2 aromatic rings. The van der Waals surface area contributed by atoms with E-state index in [0.717, 1.165) is 16.5 Å². The topological polar surface area (TPSA) is 42.2 Å². The lowest BCUT2D eigenvalue weighted by atomic mass is 9.84. The number of carbonyl (C=O) groups excluding carboxylic acids is 1. The van der Waals surface area contributed by atoms with Gasteiger partial charge >= 0.3 is 0 Å². The summed E-state index contributed by atoms with van der Waals surface area (Å²) in [4.78, 5) is 10.9. The normalized spacial score (nSPS) is 11.7. The van der Waals surface area contributed by atoms with Gasteiger partial charge in [-0.25, -0.2) is 0 Å². The van der Waals surface area contributed by atoms with Gasteiger partial charge in [0.2, 0.25) is 0 Å². The quantitative estimate of drug-likeness (QED) is 0.819. The Labute approximate surface area is 106 Å². The summed E-state index contributed by atoms with van der Waals surface area (Å²) in [7, 11) is 0. The minimum absolute atomic E-state index is 0.189. The van der Waals surface area contributed by atoms with Crippen LogP contribution in [0.3, 0.4) is 0 Å². The highest BCUT2D eigenvalue weighted by Crippen LogP contribution is 2.31. The highest BCUT2D eigenvalue weighted by Gasteiger charge is 2.25. The number of nitrogens with one attached hydrogen (secondary N) is 1. The van der Waals surface area contributed by atoms with Crippen molar-refractivity contribution in [3.05, 3.63) is 36.1 Å². The zero-order chi connectivity index (χ0) is 12.5. The molecule has 1 aromatic heterocycles. The van der Waals surface area contributed by atoms with Gasteiger partial charge in [0.1, 0.15) is 5.58 Å². The van der Waals surface area contributed by atoms with E-state index in [0.29, 0.717) is 6.54 Å². The summed E-state index contributed by atoms with van der Waals surface area (Å²) < 4.78 is 5.51. The maximum Gasteiger partial charge on any atom is 0.276 e. The van der Waals surface area contributed by atoms with E-state index < -0.39 is 0 Å². The monoisotopic (exact) mass is 249 g/mol. The number of furan rings is 1. The van der Waals surface area contributed by atoms with E-state index in [-0.39, 0.29) is 10.7 Å². The Morgan fingerprint density at radius 1 is 1.41 bits per heavy atom. The van der Waals surface area contributed by atoms with E-state index in [4.69, 9.17) is 4.42 Å². The fourth-order valence-corrected chi connectivity index (χ4v) is 1.97. The first kappa shape index (κ1) is 12.0. The van der Waals surface area contributed by atoms with Crippen LogP contribution in [0.15, 0.2) is 34.9 Å². The average molecular weight is 249 g/mol. The summed E-state index contributed by atoms with van der Waals surface area (Å²) in [6.45, 7) is 4.65. The number of benzene rings is 1. The minimum atomic E-state index is -0.314. The first-order chi connectivity index (χ1) is 8.00. The average Bonchev–Trinajstić information content (AvgIpc) is 2.71. The first-order valence-corrected chi connectivity index (χ1v) is 5.89. The van der Waals surface area contributed by atoms with Crippen molar-refractivity contribution in [2.45, 2.75) is 19.3 Å². The summed E-state index contributed by atoms with van der Waals surface area (Å²) in [6, 6.07) is 7.89. The lowest BCUT2D eigenvalue weighted by Crippen LogP contribution is -2.34. The Hall–Kier alpha value is -1.42. The standard InChI is InChI=1S/C13H15NO2S/c1-13(2,8-14-12(15)17)10-7-16-11-6-4-3-5-9(10)11/h3-7H,8H2,1-2H3,(H2,14,15,17). The van der Waals surface area contributed by atoms with Crippen molar-refractivity contribution in [3.63, 3.8) is 0 Å². The SMILES string of the molecule is CC(C)(CNC(=O)S)c1coc2ccccc12. The molecule has 0 aliphatic heterocycles. The maximum absolute atomic E-state index is 10.9. The van der Waals surface area contributed by atoms with Crippen LogP contribution in [0.2, 0.25) is 0 Å². The molecular weight excluding hydrogens is 234 g/mol. The smallest absolute Gasteiger partial charge is 0.276 e. The molecule has 1 amide bonds. The molecule has 17 heavy (non-hydrogen) atoms. The van der Waals surface area contributed by atoms with Gasteiger partial charge in [0.15, 0.2) is 0 Å². The van der Waals surface area contributed by atoms with Crippen LogP contribution in [0.1, 0.15) is 19.4 Å². The van der Waals surface area contributed by atoms with E-state index in [1.807, 2.05) is 24.3 Å². The van der Waals surface area contributed by atoms with Crippen LogP contribution in [-0.2, 0) is 5.41 Å². The Kier molecular flexibility index (Phi) is 3.15. The van der Waals surface area contributed by atoms with Crippen LogP contribution < -0.4 is 5.32 Å². The van der Waals surface area contributed by atoms with E-state index >= 15 is 0 Å². The lowest BCUT2D eigenvalue weighted by molar-refractivity contribution is 0.259. The molecule has 2 rings (SSSR count). The number of para-hydroxylation sites is 1. The Morgan fingerprint density at radius 2 is 2.12 bits per heavy atom. The van der Waals surface area contributed by atoms with Gasteiger partial charge in [-0.1, -0.05) is 44.7 Å². The largest absolute Gasteiger partial charge is 0.464 e. The maximum atomic E-state index is 10.9. The molecule has 0 aliphatic rings. The van der Waals surface area contributed by atoms with Crippen LogP contribution in [0.25, 0.3) is 11.0 Å². The number of rotatable bonds is 3. The highest BCUT2D eigenvalue weighted by molar-refractivity contribution is 7.96. The van der Waals surface area contributed by atoms with Crippen molar-refractivity contribution < 1.29 is 9.21 Å². The molecule has 0 radical (unpaired) electrons. The van der Waals surface area contributed by atoms with Crippen LogP contribution in [0, 0.1) is 0 Å². The number of hydrogen-bond donors (Lipinski definition) is 2. The summed E-state index contributed by atoms with van der Waals surface area (Å²) in [5.74, 6) is 0. The van der Waals surface area contributed by atoms with Gasteiger partial charge in [-0.05, 0) is 6.07 Å². The molecule has 0 saturated carbocycles. The van der Waals surface area contributed by atoms with E-state index in [1.54, 1.807) is 6.26 Å². The highest BCUT2D eigenvalue weighted by atomic mass is 32.1. The van der Waals surface area contributed by atoms with Crippen molar-refractivity contribution in [1.82, 2.24) is 5.32 Å². The number of fused-ring (bicyclic) bond motifs is 1. The molecule has 0 unspecified atom stereocenters. The van der Waals surface area contributed by atoms with Crippen molar-refractivity contribution >= 4 is 28.8 Å². The predicted octanol–water partition coefficient (Wildman–Crippen LogP) is 3.35. The predicted molar refractivity (Wildman–Crippen MR) is 71.6 cm³/mol. The van der Waals surface area contributed by atoms with Crippen LogP contribution in [0.5, 0.6) is 0 Å². The summed E-state index contributed by atoms with van der Waals surface area (Å²) in [6.07, 6.45) is 1.76. The second-order valence-electron chi connectivity index (χ2n) is 4.69. The molecule has 0 saturated heterocycles. The summed E-state index contributed by atoms with van der Waals surface area (Å²) in [5, 5.41) is 3.50. The second-order valence-corrected chi connectivity index (χ2v) is 5.09. The van der Waals surface area contributed by atoms with Gasteiger partial charge in [-0.15, -0.1) is 0 Å². The van der Waals surface area contributed by atoms with Gasteiger partial charge in [-0.3, -0.25) is 4.79 Å². The Balaban J connectivity index is 2.35. The zero-order valence-corrected chi connectivity index (χ0v) is 10.8. The van der Waals surface area contributed by atoms with Gasteiger partial charge in [0.25, 0.3) is 5.24 Å². The van der Waals surface area contributed by atoms with Crippen LogP contribution in [0.4, 0.5) is 4.79 Å². The van der Waals surface area contributed by atoms with E-state index in [2.05, 4.69) is 31.8 Å². The minimum Gasteiger partial charge on any atom is -0.464 e. The zero-order valence-electron chi connectivity index (χ0n) is 9.86. The molecule has 0 atom stereocenters. The molecular formula is C13H15NO2S. The molecule has 0 spiro atoms. The number of amides is 1. The third-order valence-electron chi connectivity index (χ3n) is 2.89. The first-order valence-electron chi connectivity index (χ1n) is 5.44. The molecule has 4 heteroatoms. The number of thiol groups is 1. The molecule has 0 bridgehead atoms. The number of carbonyl (C=O) groups is 1. The summed E-state index contributed by atoms with van der Waals surface area (Å²) >= 11 is 3.71. The Morgan fingerprint density at radius 3 is 2.82 bits per heavy atom. The molecule has 0 aliphatic carbocycles. The molecule has 1 N–H and O–H groups in total. The fourth-order valence-electron chi connectivity index (χ4n) is 1.89. The number of hydrogen-bond acceptors (Lipinski definition) is 2. The van der Waals surface area contributed by atoms with Gasteiger partial charge in [0.05, 0.1) is 6.26 Å². The van der Waals surface area contributed by atoms with Gasteiger partial charge in [0, 0.05) is 22.9 Å². The van der Waals surface area contributed by atoms with Crippen molar-refractivity contribution in [2.24, 2.45) is 0 Å².